The quantitative estimate of drug-likeness (QED) is 0.340. The van der Waals surface area contributed by atoms with Gasteiger partial charge in [0.2, 0.25) is 0 Å². The van der Waals surface area contributed by atoms with Crippen molar-refractivity contribution in [3.05, 3.63) is 62.5 Å². The summed E-state index contributed by atoms with van der Waals surface area (Å²) < 4.78 is 16.3. The maximum absolute atomic E-state index is 12.6. The second kappa shape index (κ2) is 10.9. The number of imide groups is 1. The Kier molecular flexibility index (Phi) is 8.26. The summed E-state index contributed by atoms with van der Waals surface area (Å²) >= 11 is 13.5. The summed E-state index contributed by atoms with van der Waals surface area (Å²) in [5, 5.41) is 0.609. The standard InChI is InChI=1S/C22H21Cl2NO5S/c1-28-9-5-8-25-21(26)19(31-22(25)27)12-14-10-17(24)20(18(11-14)29-2)30-13-15-6-3-4-7-16(15)23/h3-4,6-7,10-12H,5,8-9,13H2,1-2H3/b19-12+. The molecule has 0 bridgehead atoms. The average Bonchev–Trinajstić information content (AvgIpc) is 3.01. The first kappa shape index (κ1) is 23.5. The molecule has 0 saturated carbocycles. The Labute approximate surface area is 195 Å². The van der Waals surface area contributed by atoms with Crippen molar-refractivity contribution in [2.24, 2.45) is 0 Å². The third-order valence-electron chi connectivity index (χ3n) is 4.48. The minimum Gasteiger partial charge on any atom is -0.493 e. The van der Waals surface area contributed by atoms with Gasteiger partial charge in [-0.25, -0.2) is 0 Å². The normalized spacial score (nSPS) is 15.1. The van der Waals surface area contributed by atoms with E-state index in [1.807, 2.05) is 18.2 Å². The molecular formula is C22H21Cl2NO5S. The van der Waals surface area contributed by atoms with Crippen LogP contribution in [-0.4, -0.2) is 43.4 Å². The van der Waals surface area contributed by atoms with E-state index in [-0.39, 0.29) is 17.8 Å². The van der Waals surface area contributed by atoms with Crippen molar-refractivity contribution in [3.8, 4) is 11.5 Å². The van der Waals surface area contributed by atoms with Crippen molar-refractivity contribution in [3.63, 3.8) is 0 Å². The van der Waals surface area contributed by atoms with Gasteiger partial charge in [-0.05, 0) is 48.0 Å². The van der Waals surface area contributed by atoms with Crippen molar-refractivity contribution in [2.75, 3.05) is 27.4 Å². The molecule has 31 heavy (non-hydrogen) atoms. The Morgan fingerprint density at radius 3 is 2.58 bits per heavy atom. The lowest BCUT2D eigenvalue weighted by molar-refractivity contribution is -0.122. The number of nitrogens with zero attached hydrogens (tertiary/aromatic N) is 1. The predicted octanol–water partition coefficient (Wildman–Crippen LogP) is 5.65. The molecule has 6 nitrogen and oxygen atoms in total. The summed E-state index contributed by atoms with van der Waals surface area (Å²) in [5.41, 5.74) is 1.43. The Morgan fingerprint density at radius 1 is 1.10 bits per heavy atom. The van der Waals surface area contributed by atoms with Gasteiger partial charge in [-0.2, -0.15) is 0 Å². The highest BCUT2D eigenvalue weighted by atomic mass is 35.5. The lowest BCUT2D eigenvalue weighted by atomic mass is 10.1. The van der Waals surface area contributed by atoms with Crippen LogP contribution in [0.4, 0.5) is 4.79 Å². The van der Waals surface area contributed by atoms with E-state index >= 15 is 0 Å². The Bertz CT molecular complexity index is 1010. The van der Waals surface area contributed by atoms with Crippen molar-refractivity contribution >= 4 is 52.2 Å². The number of hydrogen-bond acceptors (Lipinski definition) is 6. The molecule has 1 fully saturated rings. The largest absolute Gasteiger partial charge is 0.493 e. The Balaban J connectivity index is 1.79. The van der Waals surface area contributed by atoms with E-state index in [9.17, 15) is 9.59 Å². The van der Waals surface area contributed by atoms with Gasteiger partial charge >= 0.3 is 0 Å². The molecule has 1 aliphatic heterocycles. The van der Waals surface area contributed by atoms with Crippen molar-refractivity contribution in [2.45, 2.75) is 13.0 Å². The molecule has 0 atom stereocenters. The monoisotopic (exact) mass is 481 g/mol. The van der Waals surface area contributed by atoms with Crippen LogP contribution in [0.15, 0.2) is 41.3 Å². The third kappa shape index (κ3) is 5.74. The van der Waals surface area contributed by atoms with Gasteiger partial charge in [0.1, 0.15) is 6.61 Å². The van der Waals surface area contributed by atoms with Crippen LogP contribution >= 0.6 is 35.0 Å². The highest BCUT2D eigenvalue weighted by Crippen LogP contribution is 2.39. The second-order valence-corrected chi connectivity index (χ2v) is 8.40. The summed E-state index contributed by atoms with van der Waals surface area (Å²) in [5.74, 6) is 0.444. The molecule has 0 spiro atoms. The van der Waals surface area contributed by atoms with Crippen molar-refractivity contribution in [1.29, 1.82) is 0 Å². The molecule has 0 N–H and O–H groups in total. The van der Waals surface area contributed by atoms with Crippen LogP contribution in [0, 0.1) is 0 Å². The maximum Gasteiger partial charge on any atom is 0.293 e. The van der Waals surface area contributed by atoms with Gasteiger partial charge in [0.25, 0.3) is 11.1 Å². The van der Waals surface area contributed by atoms with Gasteiger partial charge < -0.3 is 14.2 Å². The zero-order valence-electron chi connectivity index (χ0n) is 17.0. The lowest BCUT2D eigenvalue weighted by Crippen LogP contribution is -2.29. The van der Waals surface area contributed by atoms with E-state index in [0.29, 0.717) is 51.6 Å². The van der Waals surface area contributed by atoms with Gasteiger partial charge in [0, 0.05) is 30.8 Å². The zero-order chi connectivity index (χ0) is 22.4. The van der Waals surface area contributed by atoms with Crippen LogP contribution in [0.25, 0.3) is 6.08 Å². The number of benzene rings is 2. The molecule has 1 heterocycles. The summed E-state index contributed by atoms with van der Waals surface area (Å²) in [6, 6.07) is 10.7. The van der Waals surface area contributed by atoms with Crippen LogP contribution in [-0.2, 0) is 16.1 Å². The SMILES string of the molecule is COCCCN1C(=O)S/C(=C/c2cc(Cl)c(OCc3ccccc3Cl)c(OC)c2)C1=O. The first-order valence-corrected chi connectivity index (χ1v) is 11.0. The van der Waals surface area contributed by atoms with Gasteiger partial charge in [0.15, 0.2) is 11.5 Å². The Morgan fingerprint density at radius 2 is 1.87 bits per heavy atom. The number of carbonyl (C=O) groups excluding carboxylic acids is 2. The van der Waals surface area contributed by atoms with Gasteiger partial charge in [-0.3, -0.25) is 14.5 Å². The van der Waals surface area contributed by atoms with Crippen LogP contribution in [0.3, 0.4) is 0 Å². The predicted molar refractivity (Wildman–Crippen MR) is 123 cm³/mol. The minimum atomic E-state index is -0.333. The smallest absolute Gasteiger partial charge is 0.293 e. The number of hydrogen-bond donors (Lipinski definition) is 0. The number of ether oxygens (including phenoxy) is 3. The fourth-order valence-electron chi connectivity index (χ4n) is 2.94. The average molecular weight is 482 g/mol. The van der Waals surface area contributed by atoms with E-state index in [2.05, 4.69) is 0 Å². The molecule has 0 radical (unpaired) electrons. The minimum absolute atomic E-state index is 0.218. The molecule has 2 aromatic carbocycles. The highest BCUT2D eigenvalue weighted by Gasteiger charge is 2.34. The van der Waals surface area contributed by atoms with E-state index < -0.39 is 0 Å². The fourth-order valence-corrected chi connectivity index (χ4v) is 4.27. The van der Waals surface area contributed by atoms with Crippen LogP contribution in [0.1, 0.15) is 17.5 Å². The molecule has 2 amide bonds. The van der Waals surface area contributed by atoms with E-state index in [1.165, 1.54) is 12.0 Å². The Hall–Kier alpha value is -2.19. The van der Waals surface area contributed by atoms with Gasteiger partial charge in [-0.1, -0.05) is 41.4 Å². The molecule has 0 unspecified atom stereocenters. The molecule has 3 rings (SSSR count). The van der Waals surface area contributed by atoms with E-state index in [1.54, 1.807) is 31.4 Å². The summed E-state index contributed by atoms with van der Waals surface area (Å²) in [4.78, 5) is 26.3. The van der Waals surface area contributed by atoms with Crippen LogP contribution < -0.4 is 9.47 Å². The summed E-state index contributed by atoms with van der Waals surface area (Å²) in [7, 11) is 3.08. The summed E-state index contributed by atoms with van der Waals surface area (Å²) in [6.45, 7) is 1.01. The zero-order valence-corrected chi connectivity index (χ0v) is 19.4. The van der Waals surface area contributed by atoms with Gasteiger partial charge in [0.05, 0.1) is 17.0 Å². The maximum atomic E-state index is 12.6. The number of thioether (sulfide) groups is 1. The molecular weight excluding hydrogens is 461 g/mol. The topological polar surface area (TPSA) is 65.1 Å². The number of amides is 2. The fraction of sp³-hybridized carbons (Fsp3) is 0.273. The van der Waals surface area contributed by atoms with Crippen molar-refractivity contribution < 1.29 is 23.8 Å². The molecule has 164 valence electrons. The van der Waals surface area contributed by atoms with Gasteiger partial charge in [-0.15, -0.1) is 0 Å². The summed E-state index contributed by atoms with van der Waals surface area (Å²) in [6.07, 6.45) is 2.20. The lowest BCUT2D eigenvalue weighted by Gasteiger charge is -2.14. The first-order valence-electron chi connectivity index (χ1n) is 9.42. The molecule has 9 heteroatoms. The number of halogens is 2. The van der Waals surface area contributed by atoms with Crippen molar-refractivity contribution in [1.82, 2.24) is 4.90 Å². The van der Waals surface area contributed by atoms with E-state index in [0.717, 1.165) is 17.3 Å². The van der Waals surface area contributed by atoms with E-state index in [4.69, 9.17) is 37.4 Å². The second-order valence-electron chi connectivity index (χ2n) is 6.59. The molecule has 1 aliphatic rings. The first-order chi connectivity index (χ1) is 14.9. The number of carbonyl (C=O) groups is 2. The number of methoxy groups -OCH3 is 2. The number of rotatable bonds is 9. The highest BCUT2D eigenvalue weighted by molar-refractivity contribution is 8.18. The molecule has 0 aliphatic carbocycles. The van der Waals surface area contributed by atoms with Crippen LogP contribution in [0.2, 0.25) is 10.0 Å². The molecule has 2 aromatic rings. The van der Waals surface area contributed by atoms with Crippen LogP contribution in [0.5, 0.6) is 11.5 Å². The molecule has 1 saturated heterocycles. The molecule has 0 aromatic heterocycles. The third-order valence-corrected chi connectivity index (χ3v) is 6.04.